The lowest BCUT2D eigenvalue weighted by Gasteiger charge is -2.11. The van der Waals surface area contributed by atoms with Gasteiger partial charge in [-0.05, 0) is 31.2 Å². The molecule has 0 fully saturated rings. The molecule has 2 heterocycles. The van der Waals surface area contributed by atoms with Crippen LogP contribution >= 0.6 is 11.3 Å². The van der Waals surface area contributed by atoms with Gasteiger partial charge in [0.15, 0.2) is 0 Å². The number of carbonyl (C=O) groups is 1. The maximum absolute atomic E-state index is 12.1. The first-order chi connectivity index (χ1) is 12.7. The predicted molar refractivity (Wildman–Crippen MR) is 102 cm³/mol. The van der Waals surface area contributed by atoms with Crippen molar-refractivity contribution in [2.75, 3.05) is 6.61 Å². The van der Waals surface area contributed by atoms with Crippen LogP contribution in [0.4, 0.5) is 0 Å². The maximum atomic E-state index is 12.1. The molecule has 1 amide bonds. The van der Waals surface area contributed by atoms with Gasteiger partial charge < -0.3 is 14.5 Å². The van der Waals surface area contributed by atoms with Gasteiger partial charge in [-0.3, -0.25) is 4.79 Å². The number of hydrogen-bond acceptors (Lipinski definition) is 5. The largest absolute Gasteiger partial charge is 0.459 e. The number of para-hydroxylation sites is 2. The minimum Gasteiger partial charge on any atom is -0.459 e. The normalized spacial score (nSPS) is 12.5. The molecule has 0 aliphatic heterocycles. The van der Waals surface area contributed by atoms with E-state index in [1.54, 1.807) is 11.3 Å². The monoisotopic (exact) mass is 366 g/mol. The summed E-state index contributed by atoms with van der Waals surface area (Å²) in [7, 11) is 0. The first-order valence-corrected chi connectivity index (χ1v) is 9.21. The van der Waals surface area contributed by atoms with Gasteiger partial charge in [-0.1, -0.05) is 30.3 Å². The number of aromatic nitrogens is 1. The predicted octanol–water partition coefficient (Wildman–Crippen LogP) is 4.44. The van der Waals surface area contributed by atoms with Crippen molar-refractivity contribution in [2.24, 2.45) is 0 Å². The van der Waals surface area contributed by atoms with E-state index in [1.807, 2.05) is 61.5 Å². The van der Waals surface area contributed by atoms with Crippen LogP contribution in [-0.4, -0.2) is 17.5 Å². The van der Waals surface area contributed by atoms with Crippen molar-refractivity contribution in [3.8, 4) is 0 Å². The van der Waals surface area contributed by atoms with Crippen molar-refractivity contribution in [3.05, 3.63) is 65.4 Å². The molecule has 0 bridgehead atoms. The highest BCUT2D eigenvalue weighted by molar-refractivity contribution is 7.18. The zero-order chi connectivity index (χ0) is 17.9. The number of ether oxygens (including phenoxy) is 1. The molecule has 0 aliphatic rings. The van der Waals surface area contributed by atoms with Crippen molar-refractivity contribution in [3.63, 3.8) is 0 Å². The number of hydrogen-bond donors (Lipinski definition) is 1. The van der Waals surface area contributed by atoms with E-state index in [0.29, 0.717) is 6.61 Å². The Hall–Kier alpha value is -2.70. The molecule has 0 saturated carbocycles. The SMILES string of the molecule is C[C@@H](NC(=O)COCc1nc2ccccc2s1)c1cc2ccccc2o1. The van der Waals surface area contributed by atoms with E-state index in [4.69, 9.17) is 9.15 Å². The van der Waals surface area contributed by atoms with Crippen LogP contribution in [0.5, 0.6) is 0 Å². The van der Waals surface area contributed by atoms with Gasteiger partial charge in [-0.25, -0.2) is 4.98 Å². The number of nitrogens with one attached hydrogen (secondary N) is 1. The lowest BCUT2D eigenvalue weighted by Crippen LogP contribution is -2.29. The number of benzene rings is 2. The van der Waals surface area contributed by atoms with Gasteiger partial charge in [0.1, 0.15) is 23.0 Å². The van der Waals surface area contributed by atoms with E-state index in [-0.39, 0.29) is 18.6 Å². The van der Waals surface area contributed by atoms with Gasteiger partial charge in [0.2, 0.25) is 5.91 Å². The fraction of sp³-hybridized carbons (Fsp3) is 0.200. The van der Waals surface area contributed by atoms with Crippen LogP contribution in [0, 0.1) is 0 Å². The summed E-state index contributed by atoms with van der Waals surface area (Å²) in [4.78, 5) is 16.6. The molecular weight excluding hydrogens is 348 g/mol. The van der Waals surface area contributed by atoms with Gasteiger partial charge in [0, 0.05) is 5.39 Å². The highest BCUT2D eigenvalue weighted by Crippen LogP contribution is 2.24. The molecule has 0 unspecified atom stereocenters. The van der Waals surface area contributed by atoms with E-state index >= 15 is 0 Å². The number of rotatable bonds is 6. The van der Waals surface area contributed by atoms with Crippen molar-refractivity contribution < 1.29 is 13.9 Å². The van der Waals surface area contributed by atoms with Gasteiger partial charge in [0.05, 0.1) is 22.9 Å². The molecular formula is C20H18N2O3S. The van der Waals surface area contributed by atoms with Crippen molar-refractivity contribution in [1.29, 1.82) is 0 Å². The summed E-state index contributed by atoms with van der Waals surface area (Å²) >= 11 is 1.58. The Morgan fingerprint density at radius 1 is 1.23 bits per heavy atom. The molecule has 4 rings (SSSR count). The minimum absolute atomic E-state index is 0.0134. The number of furan rings is 1. The highest BCUT2D eigenvalue weighted by Gasteiger charge is 2.14. The van der Waals surface area contributed by atoms with E-state index in [2.05, 4.69) is 10.3 Å². The van der Waals surface area contributed by atoms with E-state index < -0.39 is 0 Å². The molecule has 0 radical (unpaired) electrons. The van der Waals surface area contributed by atoms with E-state index in [1.165, 1.54) is 0 Å². The molecule has 5 nitrogen and oxygen atoms in total. The Labute approximate surface area is 154 Å². The summed E-state index contributed by atoms with van der Waals surface area (Å²) in [6.07, 6.45) is 0. The molecule has 6 heteroatoms. The van der Waals surface area contributed by atoms with Gasteiger partial charge >= 0.3 is 0 Å². The Balaban J connectivity index is 1.30. The Morgan fingerprint density at radius 3 is 2.88 bits per heavy atom. The second-order valence-electron chi connectivity index (χ2n) is 6.04. The lowest BCUT2D eigenvalue weighted by atomic mass is 10.2. The molecule has 2 aromatic heterocycles. The third-order valence-corrected chi connectivity index (χ3v) is 5.06. The number of thiazole rings is 1. The quantitative estimate of drug-likeness (QED) is 0.548. The van der Waals surface area contributed by atoms with Crippen molar-refractivity contribution >= 4 is 38.4 Å². The molecule has 2 aromatic carbocycles. The minimum atomic E-state index is -0.221. The molecule has 26 heavy (non-hydrogen) atoms. The molecule has 0 spiro atoms. The summed E-state index contributed by atoms with van der Waals surface area (Å²) < 4.78 is 12.4. The molecule has 1 N–H and O–H groups in total. The highest BCUT2D eigenvalue weighted by atomic mass is 32.1. The summed E-state index contributed by atoms with van der Waals surface area (Å²) in [5.74, 6) is 0.546. The Kier molecular flexibility index (Phi) is 4.69. The molecule has 132 valence electrons. The second kappa shape index (κ2) is 7.27. The fourth-order valence-electron chi connectivity index (χ4n) is 2.78. The molecule has 1 atom stereocenters. The first-order valence-electron chi connectivity index (χ1n) is 8.39. The topological polar surface area (TPSA) is 64.4 Å². The third kappa shape index (κ3) is 3.61. The average Bonchev–Trinajstić information content (AvgIpc) is 3.25. The van der Waals surface area contributed by atoms with Crippen LogP contribution in [0.2, 0.25) is 0 Å². The zero-order valence-corrected chi connectivity index (χ0v) is 15.1. The Bertz CT molecular complexity index is 987. The Morgan fingerprint density at radius 2 is 2.04 bits per heavy atom. The smallest absolute Gasteiger partial charge is 0.246 e. The van der Waals surface area contributed by atoms with Crippen LogP contribution in [0.15, 0.2) is 59.0 Å². The fourth-order valence-corrected chi connectivity index (χ4v) is 3.69. The maximum Gasteiger partial charge on any atom is 0.246 e. The van der Waals surface area contributed by atoms with Crippen molar-refractivity contribution in [2.45, 2.75) is 19.6 Å². The van der Waals surface area contributed by atoms with Crippen LogP contribution in [0.3, 0.4) is 0 Å². The van der Waals surface area contributed by atoms with Crippen LogP contribution in [-0.2, 0) is 16.1 Å². The van der Waals surface area contributed by atoms with Crippen LogP contribution in [0.25, 0.3) is 21.2 Å². The second-order valence-corrected chi connectivity index (χ2v) is 7.16. The molecule has 4 aromatic rings. The molecule has 0 aliphatic carbocycles. The summed E-state index contributed by atoms with van der Waals surface area (Å²) in [6, 6.07) is 17.4. The average molecular weight is 366 g/mol. The number of carbonyl (C=O) groups excluding carboxylic acids is 1. The number of nitrogens with zero attached hydrogens (tertiary/aromatic N) is 1. The van der Waals surface area contributed by atoms with Gasteiger partial charge in [0.25, 0.3) is 0 Å². The van der Waals surface area contributed by atoms with Crippen LogP contribution in [0.1, 0.15) is 23.7 Å². The number of fused-ring (bicyclic) bond motifs is 2. The summed E-state index contributed by atoms with van der Waals surface area (Å²) in [5, 5.41) is 4.78. The zero-order valence-electron chi connectivity index (χ0n) is 14.3. The van der Waals surface area contributed by atoms with Gasteiger partial charge in [-0.15, -0.1) is 11.3 Å². The number of amides is 1. The first kappa shape index (κ1) is 16.8. The van der Waals surface area contributed by atoms with Crippen LogP contribution < -0.4 is 5.32 Å². The lowest BCUT2D eigenvalue weighted by molar-refractivity contribution is -0.126. The van der Waals surface area contributed by atoms with Crippen molar-refractivity contribution in [1.82, 2.24) is 10.3 Å². The summed E-state index contributed by atoms with van der Waals surface area (Å²) in [5.41, 5.74) is 1.77. The molecule has 0 saturated heterocycles. The summed E-state index contributed by atoms with van der Waals surface area (Å²) in [6.45, 7) is 2.20. The van der Waals surface area contributed by atoms with Gasteiger partial charge in [-0.2, -0.15) is 0 Å². The van der Waals surface area contributed by atoms with E-state index in [9.17, 15) is 4.79 Å². The standard InChI is InChI=1S/C20H18N2O3S/c1-13(17-10-14-6-2-4-8-16(14)25-17)21-19(23)11-24-12-20-22-15-7-3-5-9-18(15)26-20/h2-10,13H,11-12H2,1H3,(H,21,23)/t13-/m1/s1. The third-order valence-electron chi connectivity index (χ3n) is 4.05. The van der Waals surface area contributed by atoms with E-state index in [0.717, 1.165) is 32.0 Å².